The third kappa shape index (κ3) is 1.78. The predicted octanol–water partition coefficient (Wildman–Crippen LogP) is 1.10. The molecule has 0 heterocycles. The van der Waals surface area contributed by atoms with Gasteiger partial charge in [0, 0.05) is 0 Å². The number of Topliss-reactive ketones (excluding diaryl/α,β-unsaturated/α-hetero) is 1. The van der Waals surface area contributed by atoms with Crippen LogP contribution in [-0.4, -0.2) is 10.9 Å². The lowest BCUT2D eigenvalue weighted by molar-refractivity contribution is 0.101. The van der Waals surface area contributed by atoms with Crippen LogP contribution in [0.15, 0.2) is 18.2 Å². The quantitative estimate of drug-likeness (QED) is 0.503. The van der Waals surface area contributed by atoms with E-state index in [9.17, 15) is 9.90 Å². The summed E-state index contributed by atoms with van der Waals surface area (Å²) in [5.74, 6) is -0.0736. The molecule has 1 aromatic rings. The Hall–Kier alpha value is -0.880. The highest BCUT2D eigenvalue weighted by Crippen LogP contribution is 2.15. The van der Waals surface area contributed by atoms with Gasteiger partial charge in [0.1, 0.15) is 5.75 Å². The summed E-state index contributed by atoms with van der Waals surface area (Å²) in [6.07, 6.45) is 0. The van der Waals surface area contributed by atoms with Crippen molar-refractivity contribution in [2.45, 2.75) is 6.92 Å². The van der Waals surface area contributed by atoms with Crippen molar-refractivity contribution in [2.75, 3.05) is 0 Å². The molecule has 3 heteroatoms. The molecule has 0 saturated heterocycles. The summed E-state index contributed by atoms with van der Waals surface area (Å²) < 4.78 is 0. The minimum atomic E-state index is -0.119. The van der Waals surface area contributed by atoms with Gasteiger partial charge in [0.2, 0.25) is 0 Å². The minimum absolute atomic E-state index is 0.0451. The molecule has 11 heavy (non-hydrogen) atoms. The first kappa shape index (κ1) is 8.22. The van der Waals surface area contributed by atoms with Crippen molar-refractivity contribution in [3.8, 4) is 5.75 Å². The third-order valence-corrected chi connectivity index (χ3v) is 1.76. The molecule has 0 fully saturated rings. The molecule has 1 unspecified atom stereocenters. The van der Waals surface area contributed by atoms with Crippen molar-refractivity contribution >= 4 is 20.3 Å². The fourth-order valence-corrected chi connectivity index (χ4v) is 1.10. The van der Waals surface area contributed by atoms with Gasteiger partial charge >= 0.3 is 0 Å². The summed E-state index contributed by atoms with van der Waals surface area (Å²) >= 11 is 0. The van der Waals surface area contributed by atoms with Crippen LogP contribution in [0.25, 0.3) is 0 Å². The van der Waals surface area contributed by atoms with Gasteiger partial charge in [-0.05, 0) is 24.4 Å². The molecule has 1 N–H and O–H groups in total. The van der Waals surface area contributed by atoms with Gasteiger partial charge in [0.05, 0.1) is 5.56 Å². The standard InChI is InChI=1S/C8H9O2P/c1-5(9)7-4-6(11)2-3-8(7)10/h2-4,10H,11H2,1H3. The molecule has 0 aromatic heterocycles. The van der Waals surface area contributed by atoms with E-state index in [4.69, 9.17) is 0 Å². The lowest BCUT2D eigenvalue weighted by atomic mass is 10.1. The van der Waals surface area contributed by atoms with Crippen LogP contribution in [0.2, 0.25) is 0 Å². The van der Waals surface area contributed by atoms with Gasteiger partial charge in [-0.3, -0.25) is 4.79 Å². The number of phenolic OH excluding ortho intramolecular Hbond substituents is 1. The van der Waals surface area contributed by atoms with Gasteiger partial charge in [-0.2, -0.15) is 0 Å². The van der Waals surface area contributed by atoms with Crippen molar-refractivity contribution in [1.82, 2.24) is 0 Å². The summed E-state index contributed by atoms with van der Waals surface area (Å²) in [6, 6.07) is 4.88. The molecule has 0 aliphatic carbocycles. The lowest BCUT2D eigenvalue weighted by Gasteiger charge is -2.00. The van der Waals surface area contributed by atoms with Gasteiger partial charge in [-0.1, -0.05) is 6.07 Å². The number of benzene rings is 1. The highest BCUT2D eigenvalue weighted by Gasteiger charge is 2.04. The molecule has 0 aliphatic rings. The Morgan fingerprint density at radius 1 is 1.55 bits per heavy atom. The topological polar surface area (TPSA) is 37.3 Å². The molecule has 2 nitrogen and oxygen atoms in total. The molecule has 0 saturated carbocycles. The van der Waals surface area contributed by atoms with Crippen LogP contribution in [0, 0.1) is 0 Å². The highest BCUT2D eigenvalue weighted by molar-refractivity contribution is 7.27. The van der Waals surface area contributed by atoms with Crippen LogP contribution >= 0.6 is 9.24 Å². The Kier molecular flexibility index (Phi) is 2.25. The summed E-state index contributed by atoms with van der Waals surface area (Å²) in [5, 5.41) is 10.1. The van der Waals surface area contributed by atoms with Gasteiger partial charge in [0.25, 0.3) is 0 Å². The van der Waals surface area contributed by atoms with E-state index in [-0.39, 0.29) is 11.5 Å². The van der Waals surface area contributed by atoms with E-state index in [0.29, 0.717) is 5.56 Å². The second kappa shape index (κ2) is 3.02. The average Bonchev–Trinajstić information content (AvgIpc) is 1.94. The SMILES string of the molecule is CC(=O)c1cc(P)ccc1O. The van der Waals surface area contributed by atoms with E-state index in [1.54, 1.807) is 12.1 Å². The zero-order valence-corrected chi connectivity index (χ0v) is 7.32. The first-order valence-electron chi connectivity index (χ1n) is 3.20. The zero-order chi connectivity index (χ0) is 8.43. The maximum absolute atomic E-state index is 10.8. The van der Waals surface area contributed by atoms with Gasteiger partial charge in [0.15, 0.2) is 5.78 Å². The van der Waals surface area contributed by atoms with Crippen molar-refractivity contribution in [3.63, 3.8) is 0 Å². The van der Waals surface area contributed by atoms with Crippen molar-refractivity contribution in [3.05, 3.63) is 23.8 Å². The maximum Gasteiger partial charge on any atom is 0.163 e. The number of aromatic hydroxyl groups is 1. The maximum atomic E-state index is 10.8. The fourth-order valence-electron chi connectivity index (χ4n) is 0.836. The first-order chi connectivity index (χ1) is 5.11. The van der Waals surface area contributed by atoms with Crippen molar-refractivity contribution in [1.29, 1.82) is 0 Å². The molecular weight excluding hydrogens is 159 g/mol. The van der Waals surface area contributed by atoms with E-state index in [0.717, 1.165) is 5.30 Å². The number of rotatable bonds is 1. The fraction of sp³-hybridized carbons (Fsp3) is 0.125. The molecule has 1 atom stereocenters. The Bertz CT molecular complexity index is 294. The summed E-state index contributed by atoms with van der Waals surface area (Å²) in [6.45, 7) is 1.43. The normalized spacial score (nSPS) is 9.64. The Morgan fingerprint density at radius 2 is 2.18 bits per heavy atom. The number of carbonyl (C=O) groups is 1. The molecule has 0 amide bonds. The second-order valence-corrected chi connectivity index (χ2v) is 3.00. The van der Waals surface area contributed by atoms with Gasteiger partial charge in [-0.15, -0.1) is 9.24 Å². The van der Waals surface area contributed by atoms with Crippen LogP contribution in [-0.2, 0) is 0 Å². The van der Waals surface area contributed by atoms with E-state index in [1.807, 2.05) is 0 Å². The second-order valence-electron chi connectivity index (χ2n) is 2.33. The minimum Gasteiger partial charge on any atom is -0.507 e. The molecule has 0 radical (unpaired) electrons. The molecule has 1 rings (SSSR count). The van der Waals surface area contributed by atoms with Crippen LogP contribution in [0.1, 0.15) is 17.3 Å². The first-order valence-corrected chi connectivity index (χ1v) is 3.78. The Labute approximate surface area is 67.4 Å². The molecule has 0 aliphatic heterocycles. The van der Waals surface area contributed by atoms with Crippen molar-refractivity contribution < 1.29 is 9.90 Å². The van der Waals surface area contributed by atoms with Crippen LogP contribution in [0.4, 0.5) is 0 Å². The Morgan fingerprint density at radius 3 is 2.64 bits per heavy atom. The van der Waals surface area contributed by atoms with Crippen LogP contribution < -0.4 is 5.30 Å². The van der Waals surface area contributed by atoms with Crippen molar-refractivity contribution in [2.24, 2.45) is 0 Å². The smallest absolute Gasteiger partial charge is 0.163 e. The molecule has 1 aromatic carbocycles. The average molecular weight is 168 g/mol. The van der Waals surface area contributed by atoms with Gasteiger partial charge in [-0.25, -0.2) is 0 Å². The molecular formula is C8H9O2P. The molecule has 0 spiro atoms. The summed E-state index contributed by atoms with van der Waals surface area (Å²) in [7, 11) is 2.47. The Balaban J connectivity index is 3.23. The van der Waals surface area contributed by atoms with E-state index >= 15 is 0 Å². The number of hydrogen-bond donors (Lipinski definition) is 1. The number of hydrogen-bond acceptors (Lipinski definition) is 2. The predicted molar refractivity (Wildman–Crippen MR) is 47.5 cm³/mol. The number of carbonyl (C=O) groups excluding carboxylic acids is 1. The van der Waals surface area contributed by atoms with E-state index in [2.05, 4.69) is 9.24 Å². The number of ketones is 1. The number of phenols is 1. The monoisotopic (exact) mass is 168 g/mol. The highest BCUT2D eigenvalue weighted by atomic mass is 31.0. The zero-order valence-electron chi connectivity index (χ0n) is 6.16. The van der Waals surface area contributed by atoms with E-state index in [1.165, 1.54) is 13.0 Å². The molecule has 0 bridgehead atoms. The van der Waals surface area contributed by atoms with Gasteiger partial charge < -0.3 is 5.11 Å². The third-order valence-electron chi connectivity index (χ3n) is 1.40. The van der Waals surface area contributed by atoms with E-state index < -0.39 is 0 Å². The lowest BCUT2D eigenvalue weighted by Crippen LogP contribution is -1.98. The van der Waals surface area contributed by atoms with Crippen LogP contribution in [0.3, 0.4) is 0 Å². The summed E-state index contributed by atoms with van der Waals surface area (Å²) in [5.41, 5.74) is 0.373. The van der Waals surface area contributed by atoms with Crippen LogP contribution in [0.5, 0.6) is 5.75 Å². The molecule has 58 valence electrons. The largest absolute Gasteiger partial charge is 0.507 e. The summed E-state index contributed by atoms with van der Waals surface area (Å²) in [4.78, 5) is 10.8.